The molecule has 0 radical (unpaired) electrons. The lowest BCUT2D eigenvalue weighted by Gasteiger charge is -2.01. The molecule has 0 saturated heterocycles. The first-order valence-electron chi connectivity index (χ1n) is 6.89. The molecule has 0 spiro atoms. The molecular weight excluding hydrogens is 260 g/mol. The standard InChI is InChI=1S/C17H20N4.H2/c1-5-14(7-6-13(3)21-11-18-4)16-10-20-17-15(16)8-12(2)9-19-17;/h5-11H,1-4H3,(H,19,20);1H/b7-6-,14-5+,18-11?,21-13?;. The van der Waals surface area contributed by atoms with E-state index in [-0.39, 0.29) is 1.43 Å². The highest BCUT2D eigenvalue weighted by Crippen LogP contribution is 2.25. The Morgan fingerprint density at radius 3 is 2.90 bits per heavy atom. The van der Waals surface area contributed by atoms with Gasteiger partial charge in [-0.3, -0.25) is 4.99 Å². The van der Waals surface area contributed by atoms with Gasteiger partial charge < -0.3 is 4.98 Å². The molecule has 4 heteroatoms. The van der Waals surface area contributed by atoms with Crippen molar-refractivity contribution in [3.05, 3.63) is 47.8 Å². The summed E-state index contributed by atoms with van der Waals surface area (Å²) in [5.41, 5.74) is 5.26. The summed E-state index contributed by atoms with van der Waals surface area (Å²) in [5.74, 6) is 0. The Hall–Kier alpha value is -2.49. The SMILES string of the molecule is C/C=C(\C=C/C(C)=NC=NC)c1c[nH]c2ncc(C)cc12.[HH]. The molecule has 110 valence electrons. The monoisotopic (exact) mass is 282 g/mol. The first kappa shape index (κ1) is 14.9. The van der Waals surface area contributed by atoms with Crippen molar-refractivity contribution in [3.63, 3.8) is 0 Å². The molecule has 4 nitrogen and oxygen atoms in total. The van der Waals surface area contributed by atoms with Gasteiger partial charge in [0.1, 0.15) is 12.0 Å². The van der Waals surface area contributed by atoms with Crippen molar-refractivity contribution >= 4 is 28.7 Å². The maximum Gasteiger partial charge on any atom is 0.137 e. The summed E-state index contributed by atoms with van der Waals surface area (Å²) in [5, 5.41) is 1.14. The van der Waals surface area contributed by atoms with Gasteiger partial charge in [0, 0.05) is 37.5 Å². The molecular formula is C17H22N4. The molecule has 0 aliphatic rings. The quantitative estimate of drug-likeness (QED) is 0.510. The largest absolute Gasteiger partial charge is 0.346 e. The summed E-state index contributed by atoms with van der Waals surface area (Å²) < 4.78 is 0. The first-order chi connectivity index (χ1) is 10.2. The fourth-order valence-electron chi connectivity index (χ4n) is 2.09. The van der Waals surface area contributed by atoms with Crippen LogP contribution < -0.4 is 0 Å². The van der Waals surface area contributed by atoms with E-state index in [1.54, 1.807) is 13.4 Å². The second-order valence-electron chi connectivity index (χ2n) is 4.83. The van der Waals surface area contributed by atoms with Crippen molar-refractivity contribution in [1.29, 1.82) is 0 Å². The highest BCUT2D eigenvalue weighted by Gasteiger charge is 2.07. The van der Waals surface area contributed by atoms with Crippen LogP contribution in [0.5, 0.6) is 0 Å². The number of hydrogen-bond acceptors (Lipinski definition) is 2. The maximum absolute atomic E-state index is 4.41. The minimum Gasteiger partial charge on any atom is -0.346 e. The van der Waals surface area contributed by atoms with E-state index in [9.17, 15) is 0 Å². The van der Waals surface area contributed by atoms with Gasteiger partial charge >= 0.3 is 0 Å². The molecule has 0 unspecified atom stereocenters. The topological polar surface area (TPSA) is 53.4 Å². The lowest BCUT2D eigenvalue weighted by molar-refractivity contribution is 1.29. The average Bonchev–Trinajstić information content (AvgIpc) is 2.89. The second kappa shape index (κ2) is 6.79. The van der Waals surface area contributed by atoms with E-state index >= 15 is 0 Å². The van der Waals surface area contributed by atoms with Gasteiger partial charge in [0.05, 0.1) is 0 Å². The van der Waals surface area contributed by atoms with Gasteiger partial charge in [-0.1, -0.05) is 12.2 Å². The van der Waals surface area contributed by atoms with Crippen LogP contribution in [-0.2, 0) is 0 Å². The van der Waals surface area contributed by atoms with E-state index in [2.05, 4.69) is 45.1 Å². The van der Waals surface area contributed by atoms with Gasteiger partial charge in [-0.2, -0.15) is 0 Å². The van der Waals surface area contributed by atoms with Gasteiger partial charge in [-0.25, -0.2) is 9.98 Å². The lowest BCUT2D eigenvalue weighted by Crippen LogP contribution is -1.86. The van der Waals surface area contributed by atoms with Crippen molar-refractivity contribution in [2.45, 2.75) is 20.8 Å². The van der Waals surface area contributed by atoms with Crippen molar-refractivity contribution in [2.75, 3.05) is 7.05 Å². The molecule has 2 aromatic heterocycles. The number of nitrogens with one attached hydrogen (secondary N) is 1. The highest BCUT2D eigenvalue weighted by molar-refractivity contribution is 6.01. The molecule has 0 aliphatic heterocycles. The molecule has 0 saturated carbocycles. The third-order valence-electron chi connectivity index (χ3n) is 3.17. The Bertz CT molecular complexity index is 751. The lowest BCUT2D eigenvalue weighted by atomic mass is 10.0. The zero-order valence-corrected chi connectivity index (χ0v) is 12.9. The Labute approximate surface area is 126 Å². The molecule has 2 heterocycles. The minimum absolute atomic E-state index is 0. The fourth-order valence-corrected chi connectivity index (χ4v) is 2.09. The number of nitrogens with zero attached hydrogens (tertiary/aromatic N) is 3. The van der Waals surface area contributed by atoms with Crippen LogP contribution in [0.2, 0.25) is 0 Å². The van der Waals surface area contributed by atoms with Crippen LogP contribution in [0.15, 0.2) is 46.7 Å². The van der Waals surface area contributed by atoms with Crippen molar-refractivity contribution in [1.82, 2.24) is 9.97 Å². The number of fused-ring (bicyclic) bond motifs is 1. The molecule has 1 N–H and O–H groups in total. The molecule has 0 fully saturated rings. The number of aromatic nitrogens is 2. The Kier molecular flexibility index (Phi) is 4.82. The van der Waals surface area contributed by atoms with Crippen LogP contribution in [-0.4, -0.2) is 29.1 Å². The molecule has 2 rings (SSSR count). The van der Waals surface area contributed by atoms with E-state index in [0.29, 0.717) is 0 Å². The van der Waals surface area contributed by atoms with Crippen LogP contribution in [0.25, 0.3) is 16.6 Å². The number of aliphatic imine (C=N–C) groups is 2. The third kappa shape index (κ3) is 3.54. The van der Waals surface area contributed by atoms with E-state index in [4.69, 9.17) is 0 Å². The van der Waals surface area contributed by atoms with Gasteiger partial charge in [0.15, 0.2) is 0 Å². The summed E-state index contributed by atoms with van der Waals surface area (Å²) in [4.78, 5) is 15.7. The Morgan fingerprint density at radius 2 is 2.19 bits per heavy atom. The smallest absolute Gasteiger partial charge is 0.137 e. The normalized spacial score (nSPS) is 13.9. The molecule has 21 heavy (non-hydrogen) atoms. The summed E-state index contributed by atoms with van der Waals surface area (Å²) in [7, 11) is 1.71. The number of rotatable bonds is 4. The van der Waals surface area contributed by atoms with Crippen LogP contribution in [0, 0.1) is 6.92 Å². The second-order valence-corrected chi connectivity index (χ2v) is 4.83. The molecule has 0 bridgehead atoms. The van der Waals surface area contributed by atoms with Crippen LogP contribution in [0.4, 0.5) is 0 Å². The molecule has 0 amide bonds. The van der Waals surface area contributed by atoms with Crippen molar-refractivity contribution in [2.24, 2.45) is 9.98 Å². The van der Waals surface area contributed by atoms with E-state index in [1.807, 2.05) is 32.3 Å². The summed E-state index contributed by atoms with van der Waals surface area (Å²) in [6.45, 7) is 6.03. The fraction of sp³-hybridized carbons (Fsp3) is 0.235. The van der Waals surface area contributed by atoms with Gasteiger partial charge in [0.2, 0.25) is 0 Å². The molecule has 2 aromatic rings. The van der Waals surface area contributed by atoms with Gasteiger partial charge in [-0.05, 0) is 44.1 Å². The van der Waals surface area contributed by atoms with Crippen molar-refractivity contribution < 1.29 is 1.43 Å². The van der Waals surface area contributed by atoms with Crippen molar-refractivity contribution in [3.8, 4) is 0 Å². The average molecular weight is 282 g/mol. The maximum atomic E-state index is 4.41. The predicted octanol–water partition coefficient (Wildman–Crippen LogP) is 4.20. The molecule has 0 atom stereocenters. The summed E-state index contributed by atoms with van der Waals surface area (Å²) in [6, 6.07) is 2.15. The number of hydrogen-bond donors (Lipinski definition) is 1. The van der Waals surface area contributed by atoms with Crippen LogP contribution in [0.1, 0.15) is 26.4 Å². The number of aryl methyl sites for hydroxylation is 1. The highest BCUT2D eigenvalue weighted by atomic mass is 14.8. The number of aromatic amines is 1. The predicted molar refractivity (Wildman–Crippen MR) is 93.3 cm³/mol. The Morgan fingerprint density at radius 1 is 1.38 bits per heavy atom. The number of pyridine rings is 1. The van der Waals surface area contributed by atoms with Gasteiger partial charge in [-0.15, -0.1) is 0 Å². The van der Waals surface area contributed by atoms with E-state index in [1.165, 1.54) is 0 Å². The summed E-state index contributed by atoms with van der Waals surface area (Å²) >= 11 is 0. The van der Waals surface area contributed by atoms with E-state index in [0.717, 1.165) is 33.4 Å². The number of allylic oxidation sites excluding steroid dienone is 4. The summed E-state index contributed by atoms with van der Waals surface area (Å²) in [6.07, 6.45) is 11.6. The van der Waals surface area contributed by atoms with Gasteiger partial charge in [0.25, 0.3) is 0 Å². The van der Waals surface area contributed by atoms with E-state index < -0.39 is 0 Å². The third-order valence-corrected chi connectivity index (χ3v) is 3.17. The molecule has 0 aliphatic carbocycles. The molecule has 0 aromatic carbocycles. The first-order valence-corrected chi connectivity index (χ1v) is 6.89. The zero-order chi connectivity index (χ0) is 15.2. The zero-order valence-electron chi connectivity index (χ0n) is 12.9. The Balaban J connectivity index is 0.00000242. The minimum atomic E-state index is 0. The number of H-pyrrole nitrogens is 1. The van der Waals surface area contributed by atoms with Crippen LogP contribution >= 0.6 is 0 Å². The van der Waals surface area contributed by atoms with Crippen LogP contribution in [0.3, 0.4) is 0 Å².